The molecule has 14 heavy (non-hydrogen) atoms. The van der Waals surface area contributed by atoms with Crippen LogP contribution in [-0.2, 0) is 14.8 Å². The van der Waals surface area contributed by atoms with Crippen molar-refractivity contribution in [1.29, 1.82) is 0 Å². The molecule has 1 heterocycles. The molecule has 1 saturated heterocycles. The summed E-state index contributed by atoms with van der Waals surface area (Å²) in [6, 6.07) is 0. The van der Waals surface area contributed by atoms with Crippen LogP contribution >= 0.6 is 23.2 Å². The number of hydrogen-bond donors (Lipinski definition) is 0. The lowest BCUT2D eigenvalue weighted by Gasteiger charge is -2.18. The van der Waals surface area contributed by atoms with Gasteiger partial charge >= 0.3 is 0 Å². The van der Waals surface area contributed by atoms with Gasteiger partial charge in [-0.1, -0.05) is 0 Å². The van der Waals surface area contributed by atoms with Crippen LogP contribution in [0.3, 0.4) is 0 Å². The molecule has 1 amide bonds. The largest absolute Gasteiger partial charge is 0.272 e. The first kappa shape index (κ1) is 12.1. The van der Waals surface area contributed by atoms with Crippen molar-refractivity contribution in [3.63, 3.8) is 0 Å². The third kappa shape index (κ3) is 1.85. The van der Waals surface area contributed by atoms with E-state index in [-0.39, 0.29) is 18.3 Å². The summed E-state index contributed by atoms with van der Waals surface area (Å²) in [7, 11) is -3.53. The fourth-order valence-corrected chi connectivity index (χ4v) is 3.08. The maximum atomic E-state index is 11.6. The fraction of sp³-hybridized carbons (Fsp3) is 0.857. The average Bonchev–Trinajstić information content (AvgIpc) is 2.23. The van der Waals surface area contributed by atoms with E-state index in [1.807, 2.05) is 0 Å². The van der Waals surface area contributed by atoms with Crippen LogP contribution in [0.5, 0.6) is 0 Å². The van der Waals surface area contributed by atoms with Crippen LogP contribution in [0, 0.1) is 5.92 Å². The molecule has 1 rings (SSSR count). The van der Waals surface area contributed by atoms with Gasteiger partial charge in [-0.15, -0.1) is 23.2 Å². The summed E-state index contributed by atoms with van der Waals surface area (Å²) in [5, 5.41) is 0. The molecule has 0 saturated carbocycles. The number of sulfonamides is 1. The zero-order chi connectivity index (χ0) is 11.1. The smallest absolute Gasteiger partial charge is 0.257 e. The Kier molecular flexibility index (Phi) is 3.05. The van der Waals surface area contributed by atoms with Crippen LogP contribution in [0.15, 0.2) is 0 Å². The quantitative estimate of drug-likeness (QED) is 0.685. The second kappa shape index (κ2) is 3.54. The van der Waals surface area contributed by atoms with Gasteiger partial charge in [0.2, 0.25) is 10.0 Å². The highest BCUT2D eigenvalue weighted by molar-refractivity contribution is 7.88. The zero-order valence-electron chi connectivity index (χ0n) is 7.83. The van der Waals surface area contributed by atoms with Crippen molar-refractivity contribution in [2.45, 2.75) is 11.8 Å². The molecule has 2 atom stereocenters. The lowest BCUT2D eigenvalue weighted by atomic mass is 9.99. The standard InChI is InChI=1S/C7H11Cl2NO3S/c1-7(9)5(3-8)4-10(6(7)11)14(2,12)13/h5H,3-4H2,1-2H3/t5-,7+/m0/s1. The maximum Gasteiger partial charge on any atom is 0.257 e. The van der Waals surface area contributed by atoms with Crippen molar-refractivity contribution in [1.82, 2.24) is 4.31 Å². The lowest BCUT2D eigenvalue weighted by molar-refractivity contribution is -0.125. The Morgan fingerprint density at radius 3 is 2.36 bits per heavy atom. The third-order valence-corrected chi connectivity index (χ3v) is 4.34. The lowest BCUT2D eigenvalue weighted by Crippen LogP contribution is -2.38. The van der Waals surface area contributed by atoms with Crippen LogP contribution in [0.2, 0.25) is 0 Å². The van der Waals surface area contributed by atoms with Crippen molar-refractivity contribution in [3.8, 4) is 0 Å². The number of nitrogens with zero attached hydrogens (tertiary/aromatic N) is 1. The van der Waals surface area contributed by atoms with Gasteiger partial charge in [0, 0.05) is 18.3 Å². The molecule has 0 radical (unpaired) electrons. The van der Waals surface area contributed by atoms with Gasteiger partial charge in [-0.3, -0.25) is 4.79 Å². The summed E-state index contributed by atoms with van der Waals surface area (Å²) in [4.78, 5) is 10.4. The summed E-state index contributed by atoms with van der Waals surface area (Å²) >= 11 is 11.6. The predicted octanol–water partition coefficient (Wildman–Crippen LogP) is 0.641. The Bertz CT molecular complexity index is 352. The fourth-order valence-electron chi connectivity index (χ4n) is 1.35. The highest BCUT2D eigenvalue weighted by atomic mass is 35.5. The van der Waals surface area contributed by atoms with E-state index in [1.54, 1.807) is 0 Å². The molecule has 4 nitrogen and oxygen atoms in total. The molecule has 0 N–H and O–H groups in total. The number of alkyl halides is 2. The second-order valence-corrected chi connectivity index (χ2v) is 6.53. The molecule has 0 aliphatic carbocycles. The molecule has 82 valence electrons. The summed E-state index contributed by atoms with van der Waals surface area (Å²) in [6.45, 7) is 1.57. The molecular formula is C7H11Cl2NO3S. The number of rotatable bonds is 2. The van der Waals surface area contributed by atoms with Crippen LogP contribution in [-0.4, -0.2) is 42.2 Å². The van der Waals surface area contributed by atoms with Crippen molar-refractivity contribution in [3.05, 3.63) is 0 Å². The van der Waals surface area contributed by atoms with E-state index in [4.69, 9.17) is 23.2 Å². The number of hydrogen-bond acceptors (Lipinski definition) is 3. The van der Waals surface area contributed by atoms with Gasteiger partial charge in [0.05, 0.1) is 6.26 Å². The minimum atomic E-state index is -3.53. The van der Waals surface area contributed by atoms with Crippen LogP contribution < -0.4 is 0 Å². The van der Waals surface area contributed by atoms with Gasteiger partial charge in [-0.05, 0) is 6.92 Å². The van der Waals surface area contributed by atoms with Crippen LogP contribution in [0.4, 0.5) is 0 Å². The van der Waals surface area contributed by atoms with Crippen molar-refractivity contribution in [2.24, 2.45) is 5.92 Å². The topological polar surface area (TPSA) is 54.5 Å². The third-order valence-electron chi connectivity index (χ3n) is 2.38. The molecule has 0 bridgehead atoms. The van der Waals surface area contributed by atoms with Crippen molar-refractivity contribution >= 4 is 39.1 Å². The molecule has 0 aromatic rings. The molecule has 0 spiro atoms. The normalized spacial score (nSPS) is 33.9. The molecule has 1 aliphatic heterocycles. The van der Waals surface area contributed by atoms with Crippen LogP contribution in [0.1, 0.15) is 6.92 Å². The van der Waals surface area contributed by atoms with Crippen molar-refractivity contribution < 1.29 is 13.2 Å². The number of carbonyl (C=O) groups excluding carboxylic acids is 1. The Morgan fingerprint density at radius 2 is 2.14 bits per heavy atom. The molecule has 0 aromatic carbocycles. The minimum absolute atomic E-state index is 0.0706. The Labute approximate surface area is 93.2 Å². The van der Waals surface area contributed by atoms with Gasteiger partial charge in [0.1, 0.15) is 4.87 Å². The molecule has 1 aliphatic rings. The molecule has 0 aromatic heterocycles. The van der Waals surface area contributed by atoms with E-state index in [0.717, 1.165) is 10.6 Å². The van der Waals surface area contributed by atoms with E-state index in [0.29, 0.717) is 0 Å². The highest BCUT2D eigenvalue weighted by Gasteiger charge is 2.51. The Hall–Kier alpha value is -0.000000000000000111. The van der Waals surface area contributed by atoms with E-state index in [9.17, 15) is 13.2 Å². The summed E-state index contributed by atoms with van der Waals surface area (Å²) in [5.41, 5.74) is 0. The number of carbonyl (C=O) groups is 1. The number of halogens is 2. The van der Waals surface area contributed by atoms with Crippen molar-refractivity contribution in [2.75, 3.05) is 18.7 Å². The molecular weight excluding hydrogens is 249 g/mol. The monoisotopic (exact) mass is 259 g/mol. The summed E-state index contributed by atoms with van der Waals surface area (Å²) < 4.78 is 23.2. The molecule has 7 heteroatoms. The Morgan fingerprint density at radius 1 is 1.64 bits per heavy atom. The van der Waals surface area contributed by atoms with Gasteiger partial charge in [0.15, 0.2) is 0 Å². The predicted molar refractivity (Wildman–Crippen MR) is 55.0 cm³/mol. The first-order valence-electron chi connectivity index (χ1n) is 3.98. The zero-order valence-corrected chi connectivity index (χ0v) is 10.2. The minimum Gasteiger partial charge on any atom is -0.272 e. The van der Waals surface area contributed by atoms with Gasteiger partial charge in [-0.2, -0.15) is 0 Å². The summed E-state index contributed by atoms with van der Waals surface area (Å²) in [6.07, 6.45) is 0.981. The SMILES string of the molecule is C[C@]1(Cl)C(=O)N(S(C)(=O)=O)C[C@@H]1CCl. The van der Waals surface area contributed by atoms with Gasteiger partial charge in [-0.25, -0.2) is 12.7 Å². The first-order chi connectivity index (χ1) is 6.21. The average molecular weight is 260 g/mol. The van der Waals surface area contributed by atoms with Crippen LogP contribution in [0.25, 0.3) is 0 Å². The summed E-state index contributed by atoms with van der Waals surface area (Å²) in [5.74, 6) is -0.766. The van der Waals surface area contributed by atoms with Gasteiger partial charge < -0.3 is 0 Å². The first-order valence-corrected chi connectivity index (χ1v) is 6.74. The van der Waals surface area contributed by atoms with E-state index < -0.39 is 20.8 Å². The van der Waals surface area contributed by atoms with E-state index in [1.165, 1.54) is 6.92 Å². The highest BCUT2D eigenvalue weighted by Crippen LogP contribution is 2.36. The maximum absolute atomic E-state index is 11.6. The second-order valence-electron chi connectivity index (χ2n) is 3.53. The molecule has 1 fully saturated rings. The molecule has 0 unspecified atom stereocenters. The Balaban J connectivity index is 3.06. The van der Waals surface area contributed by atoms with E-state index >= 15 is 0 Å². The number of amides is 1. The van der Waals surface area contributed by atoms with E-state index in [2.05, 4.69) is 0 Å². The van der Waals surface area contributed by atoms with Gasteiger partial charge in [0.25, 0.3) is 5.91 Å².